The molecule has 2 aliphatic rings. The fourth-order valence-corrected chi connectivity index (χ4v) is 1.87. The van der Waals surface area contributed by atoms with E-state index in [1.54, 1.807) is 0 Å². The highest BCUT2D eigenvalue weighted by Gasteiger charge is 2.10. The van der Waals surface area contributed by atoms with Crippen molar-refractivity contribution in [3.8, 4) is 0 Å². The molecular formula is C14H13ClO. The van der Waals surface area contributed by atoms with Gasteiger partial charge in [-0.3, -0.25) is 4.79 Å². The molecule has 2 rings (SSSR count). The van der Waals surface area contributed by atoms with Crippen LogP contribution in [0.3, 0.4) is 0 Å². The van der Waals surface area contributed by atoms with Crippen molar-refractivity contribution in [1.29, 1.82) is 0 Å². The number of allylic oxidation sites excluding steroid dienone is 10. The maximum absolute atomic E-state index is 11.1. The lowest BCUT2D eigenvalue weighted by molar-refractivity contribution is -0.108. The average molecular weight is 233 g/mol. The normalized spacial score (nSPS) is 23.6. The molecule has 0 radical (unpaired) electrons. The highest BCUT2D eigenvalue weighted by Crippen LogP contribution is 2.24. The molecule has 82 valence electrons. The van der Waals surface area contributed by atoms with E-state index in [0.29, 0.717) is 17.9 Å². The maximum atomic E-state index is 11.1. The minimum Gasteiger partial charge on any atom is -0.276 e. The standard InChI is InChI=1S/C14H13ClO/c1-10-2-4-11-6-8-13(14(15)16)9-7-12(11)5-3-10/h2-8,10H,9H2,1H3. The zero-order chi connectivity index (χ0) is 11.5. The van der Waals surface area contributed by atoms with Crippen LogP contribution in [0.4, 0.5) is 0 Å². The van der Waals surface area contributed by atoms with E-state index >= 15 is 0 Å². The molecule has 0 saturated carbocycles. The quantitative estimate of drug-likeness (QED) is 0.630. The van der Waals surface area contributed by atoms with Gasteiger partial charge in [0.15, 0.2) is 0 Å². The molecule has 0 aromatic heterocycles. The second-order valence-electron chi connectivity index (χ2n) is 4.03. The Balaban J connectivity index is 2.38. The van der Waals surface area contributed by atoms with E-state index in [0.717, 1.165) is 11.1 Å². The lowest BCUT2D eigenvalue weighted by Gasteiger charge is -1.99. The van der Waals surface area contributed by atoms with E-state index in [-0.39, 0.29) is 5.24 Å². The number of hydrogen-bond donors (Lipinski definition) is 0. The van der Waals surface area contributed by atoms with Crippen LogP contribution < -0.4 is 0 Å². The van der Waals surface area contributed by atoms with E-state index in [2.05, 4.69) is 31.2 Å². The minimum absolute atomic E-state index is 0.369. The van der Waals surface area contributed by atoms with E-state index in [1.807, 2.05) is 18.2 Å². The lowest BCUT2D eigenvalue weighted by Crippen LogP contribution is -1.90. The first kappa shape index (κ1) is 11.2. The van der Waals surface area contributed by atoms with E-state index < -0.39 is 0 Å². The highest BCUT2D eigenvalue weighted by atomic mass is 35.5. The maximum Gasteiger partial charge on any atom is 0.248 e. The Kier molecular flexibility index (Phi) is 3.25. The lowest BCUT2D eigenvalue weighted by atomic mass is 10.1. The van der Waals surface area contributed by atoms with Crippen molar-refractivity contribution in [2.24, 2.45) is 5.92 Å². The number of carbonyl (C=O) groups excluding carboxylic acids is 1. The van der Waals surface area contributed by atoms with Gasteiger partial charge in [-0.05, 0) is 35.1 Å². The molecule has 0 aromatic carbocycles. The van der Waals surface area contributed by atoms with Crippen LogP contribution in [0.15, 0.2) is 59.3 Å². The van der Waals surface area contributed by atoms with Gasteiger partial charge in [-0.25, -0.2) is 0 Å². The molecule has 1 unspecified atom stereocenters. The second-order valence-corrected chi connectivity index (χ2v) is 4.37. The summed E-state index contributed by atoms with van der Waals surface area (Å²) in [5, 5.41) is -0.369. The van der Waals surface area contributed by atoms with Crippen LogP contribution in [0.25, 0.3) is 0 Å². The summed E-state index contributed by atoms with van der Waals surface area (Å²) < 4.78 is 0. The van der Waals surface area contributed by atoms with Crippen LogP contribution in [-0.2, 0) is 4.79 Å². The first-order chi connectivity index (χ1) is 7.66. The van der Waals surface area contributed by atoms with Crippen LogP contribution in [0.1, 0.15) is 13.3 Å². The van der Waals surface area contributed by atoms with E-state index in [9.17, 15) is 4.79 Å². The molecule has 16 heavy (non-hydrogen) atoms. The van der Waals surface area contributed by atoms with Crippen molar-refractivity contribution >= 4 is 16.8 Å². The molecule has 0 aromatic rings. The predicted molar refractivity (Wildman–Crippen MR) is 67.2 cm³/mol. The van der Waals surface area contributed by atoms with Gasteiger partial charge in [-0.1, -0.05) is 49.5 Å². The summed E-state index contributed by atoms with van der Waals surface area (Å²) in [5.41, 5.74) is 2.93. The Morgan fingerprint density at radius 1 is 1.25 bits per heavy atom. The van der Waals surface area contributed by atoms with Crippen molar-refractivity contribution < 1.29 is 4.79 Å². The van der Waals surface area contributed by atoms with Crippen molar-refractivity contribution in [2.45, 2.75) is 13.3 Å². The number of fused-ring (bicyclic) bond motifs is 1. The molecule has 1 nitrogen and oxygen atoms in total. The molecule has 0 spiro atoms. The predicted octanol–water partition coefficient (Wildman–Crippen LogP) is 3.70. The minimum atomic E-state index is -0.369. The molecule has 0 heterocycles. The molecule has 2 heteroatoms. The van der Waals surface area contributed by atoms with Crippen LogP contribution in [0, 0.1) is 5.92 Å². The molecular weight excluding hydrogens is 220 g/mol. The Bertz CT molecular complexity index is 461. The first-order valence-corrected chi connectivity index (χ1v) is 5.72. The van der Waals surface area contributed by atoms with Gasteiger partial charge in [0.25, 0.3) is 0 Å². The van der Waals surface area contributed by atoms with Gasteiger partial charge in [0.1, 0.15) is 0 Å². The molecule has 0 saturated heterocycles. The van der Waals surface area contributed by atoms with Crippen molar-refractivity contribution in [2.75, 3.05) is 0 Å². The van der Waals surface area contributed by atoms with Gasteiger partial charge in [0.05, 0.1) is 0 Å². The summed E-state index contributed by atoms with van der Waals surface area (Å²) in [6.07, 6.45) is 14.9. The Labute approximate surface area is 100 Å². The number of carbonyl (C=O) groups is 1. The summed E-state index contributed by atoms with van der Waals surface area (Å²) in [5.74, 6) is 0.451. The van der Waals surface area contributed by atoms with E-state index in [4.69, 9.17) is 11.6 Å². The van der Waals surface area contributed by atoms with Gasteiger partial charge in [-0.2, -0.15) is 0 Å². The number of rotatable bonds is 1. The number of halogens is 1. The van der Waals surface area contributed by atoms with Gasteiger partial charge in [0, 0.05) is 5.57 Å². The molecule has 0 amide bonds. The summed E-state index contributed by atoms with van der Waals surface area (Å²) in [7, 11) is 0. The Hall–Kier alpha value is -1.34. The van der Waals surface area contributed by atoms with Crippen molar-refractivity contribution in [3.63, 3.8) is 0 Å². The largest absolute Gasteiger partial charge is 0.276 e. The third-order valence-electron chi connectivity index (χ3n) is 2.75. The fourth-order valence-electron chi connectivity index (χ4n) is 1.73. The van der Waals surface area contributed by atoms with Crippen LogP contribution in [0.5, 0.6) is 0 Å². The molecule has 1 atom stereocenters. The topological polar surface area (TPSA) is 17.1 Å². The van der Waals surface area contributed by atoms with Gasteiger partial charge in [0.2, 0.25) is 5.24 Å². The Morgan fingerprint density at radius 2 is 1.94 bits per heavy atom. The number of hydrogen-bond acceptors (Lipinski definition) is 1. The third kappa shape index (κ3) is 2.42. The van der Waals surface area contributed by atoms with Gasteiger partial charge in [-0.15, -0.1) is 0 Å². The summed E-state index contributed by atoms with van der Waals surface area (Å²) in [6, 6.07) is 0. The summed E-state index contributed by atoms with van der Waals surface area (Å²) >= 11 is 5.48. The molecule has 0 fully saturated rings. The fraction of sp³-hybridized carbons (Fsp3) is 0.214. The first-order valence-electron chi connectivity index (χ1n) is 5.34. The zero-order valence-electron chi connectivity index (χ0n) is 9.11. The van der Waals surface area contributed by atoms with Crippen LogP contribution >= 0.6 is 11.6 Å². The molecule has 2 aliphatic carbocycles. The zero-order valence-corrected chi connectivity index (χ0v) is 9.87. The Morgan fingerprint density at radius 3 is 2.62 bits per heavy atom. The van der Waals surface area contributed by atoms with Crippen molar-refractivity contribution in [3.05, 3.63) is 59.3 Å². The second kappa shape index (κ2) is 4.67. The smallest absolute Gasteiger partial charge is 0.248 e. The summed E-state index contributed by atoms with van der Waals surface area (Å²) in [6.45, 7) is 2.14. The average Bonchev–Trinajstić information content (AvgIpc) is 2.53. The van der Waals surface area contributed by atoms with Crippen LogP contribution in [0.2, 0.25) is 0 Å². The molecule has 0 bridgehead atoms. The van der Waals surface area contributed by atoms with Gasteiger partial charge < -0.3 is 0 Å². The third-order valence-corrected chi connectivity index (χ3v) is 2.99. The summed E-state index contributed by atoms with van der Waals surface area (Å²) in [4.78, 5) is 11.1. The van der Waals surface area contributed by atoms with Crippen molar-refractivity contribution in [1.82, 2.24) is 0 Å². The highest BCUT2D eigenvalue weighted by molar-refractivity contribution is 6.67. The van der Waals surface area contributed by atoms with Gasteiger partial charge >= 0.3 is 0 Å². The van der Waals surface area contributed by atoms with E-state index in [1.165, 1.54) is 0 Å². The van der Waals surface area contributed by atoms with Crippen LogP contribution in [-0.4, -0.2) is 5.24 Å². The SMILES string of the molecule is CC1C=CC2=CC=C(C(=O)Cl)CC=C2C=C1. The molecule has 0 N–H and O–H groups in total. The molecule has 0 aliphatic heterocycles. The monoisotopic (exact) mass is 232 g/mol.